The number of amides is 2. The average molecular weight is 783 g/mol. The van der Waals surface area contributed by atoms with Gasteiger partial charge in [0.1, 0.15) is 23.8 Å². The second kappa shape index (κ2) is 19.9. The largest absolute Gasteiger partial charge is 0.497 e. The number of aliphatic carboxylic acids is 1. The van der Waals surface area contributed by atoms with E-state index in [1.165, 1.54) is 78.1 Å². The molecule has 4 aromatic carbocycles. The van der Waals surface area contributed by atoms with Crippen molar-refractivity contribution in [2.45, 2.75) is 57.7 Å². The van der Waals surface area contributed by atoms with Crippen LogP contribution < -0.4 is 19.5 Å². The van der Waals surface area contributed by atoms with Gasteiger partial charge in [0, 0.05) is 17.8 Å². The van der Waals surface area contributed by atoms with Crippen molar-refractivity contribution in [3.05, 3.63) is 118 Å². The number of halogens is 3. The highest BCUT2D eigenvalue weighted by Gasteiger charge is 2.29. The van der Waals surface area contributed by atoms with Crippen LogP contribution in [0.5, 0.6) is 17.2 Å². The number of hydrogen-bond acceptors (Lipinski definition) is 7. The number of rotatable bonds is 19. The molecule has 2 N–H and O–H groups in total. The van der Waals surface area contributed by atoms with Gasteiger partial charge in [0.15, 0.2) is 0 Å². The molecule has 0 aromatic heterocycles. The highest BCUT2D eigenvalue weighted by atomic mass is 35.5. The first-order valence-corrected chi connectivity index (χ1v) is 18.2. The summed E-state index contributed by atoms with van der Waals surface area (Å²) >= 11 is 6.42. The molecule has 2 amide bonds. The smallest absolute Gasteiger partial charge is 0.343 e. The molecule has 0 heterocycles. The van der Waals surface area contributed by atoms with E-state index in [0.717, 1.165) is 23.8 Å². The number of hydrogen-bond donors (Lipinski definition) is 2. The minimum atomic E-state index is -3.30. The number of methoxy groups -OCH3 is 1. The minimum Gasteiger partial charge on any atom is -0.497 e. The van der Waals surface area contributed by atoms with Gasteiger partial charge in [0.2, 0.25) is 5.91 Å². The summed E-state index contributed by atoms with van der Waals surface area (Å²) in [4.78, 5) is 51.8. The molecule has 4 rings (SSSR count). The van der Waals surface area contributed by atoms with Crippen molar-refractivity contribution < 1.29 is 47.3 Å². The molecule has 10 nitrogen and oxygen atoms in total. The van der Waals surface area contributed by atoms with Crippen molar-refractivity contribution >= 4 is 50.3 Å². The normalized spacial score (nSPS) is 11.1. The second-order valence-electron chi connectivity index (χ2n) is 12.4. The average Bonchev–Trinajstić information content (AvgIpc) is 3.13. The van der Waals surface area contributed by atoms with Gasteiger partial charge >= 0.3 is 11.9 Å². The summed E-state index contributed by atoms with van der Waals surface area (Å²) in [7, 11) is 2.79. The third-order valence-electron chi connectivity index (χ3n) is 8.24. The van der Waals surface area contributed by atoms with E-state index in [1.807, 2.05) is 0 Å². The molecular weight excluding hydrogens is 741 g/mol. The van der Waals surface area contributed by atoms with E-state index in [0.29, 0.717) is 23.5 Å². The zero-order valence-corrected chi connectivity index (χ0v) is 31.8. The van der Waals surface area contributed by atoms with Gasteiger partial charge in [0.05, 0.1) is 36.3 Å². The zero-order valence-electron chi connectivity index (χ0n) is 29.9. The molecule has 0 bridgehead atoms. The highest BCUT2D eigenvalue weighted by Crippen LogP contribution is 2.39. The lowest BCUT2D eigenvalue weighted by atomic mass is 10.0. The standard InChI is InChI=1S/C40H42ClF2N2O8P/c1-3-4-5-6-7-20-52-30-16-10-27(11-17-30)39(50)53-31-14-8-26(9-15-31)24-45(25-37(47)48)38(49)33-19-13-29(22-35(33)41)44-36(46)21-28-12-18-32(51-2)23-34(28)40(42,43)54/h8-19,22-23H,3-7,20-21,24-25,54H2,1-2H3,(H,44,46)(H,47,48). The summed E-state index contributed by atoms with van der Waals surface area (Å²) in [5.74, 6) is -2.00. The summed E-state index contributed by atoms with van der Waals surface area (Å²) in [5.41, 5.74) is -2.54. The van der Waals surface area contributed by atoms with Crippen LogP contribution in [0.25, 0.3) is 0 Å². The fourth-order valence-corrected chi connectivity index (χ4v) is 5.99. The lowest BCUT2D eigenvalue weighted by Crippen LogP contribution is -2.35. The Kier molecular flexibility index (Phi) is 15.3. The summed E-state index contributed by atoms with van der Waals surface area (Å²) in [6, 6.07) is 21.0. The van der Waals surface area contributed by atoms with Crippen molar-refractivity contribution in [3.63, 3.8) is 0 Å². The molecule has 54 heavy (non-hydrogen) atoms. The van der Waals surface area contributed by atoms with Crippen molar-refractivity contribution in [1.82, 2.24) is 4.90 Å². The van der Waals surface area contributed by atoms with Crippen LogP contribution in [0.15, 0.2) is 84.9 Å². The molecule has 0 fully saturated rings. The maximum absolute atomic E-state index is 14.2. The summed E-state index contributed by atoms with van der Waals surface area (Å²) < 4.78 is 44.7. The zero-order chi connectivity index (χ0) is 39.3. The number of nitrogens with zero attached hydrogens (tertiary/aromatic N) is 1. The fraction of sp³-hybridized carbons (Fsp3) is 0.300. The number of carboxylic acids is 1. The number of anilines is 1. The third kappa shape index (κ3) is 12.5. The number of esters is 1. The SMILES string of the molecule is CCCCCCCOc1ccc(C(=O)Oc2ccc(CN(CC(=O)O)C(=O)c3ccc(NC(=O)Cc4ccc(OC)cc4C(F)(F)P)cc3Cl)cc2)cc1. The molecule has 0 radical (unpaired) electrons. The topological polar surface area (TPSA) is 131 Å². The molecule has 0 aliphatic carbocycles. The number of benzene rings is 4. The van der Waals surface area contributed by atoms with E-state index in [9.17, 15) is 33.1 Å². The number of carbonyl (C=O) groups excluding carboxylic acids is 3. The molecule has 4 aromatic rings. The van der Waals surface area contributed by atoms with Crippen LogP contribution in [0.1, 0.15) is 76.4 Å². The number of ether oxygens (including phenoxy) is 3. The molecular formula is C40H42ClF2N2O8P. The maximum atomic E-state index is 14.2. The third-order valence-corrected chi connectivity index (χ3v) is 8.86. The highest BCUT2D eigenvalue weighted by molar-refractivity contribution is 7.17. The second-order valence-corrected chi connectivity index (χ2v) is 13.6. The van der Waals surface area contributed by atoms with E-state index in [2.05, 4.69) is 12.2 Å². The molecule has 0 saturated heterocycles. The Morgan fingerprint density at radius 3 is 2.17 bits per heavy atom. The van der Waals surface area contributed by atoms with Crippen LogP contribution in [0.4, 0.5) is 14.5 Å². The summed E-state index contributed by atoms with van der Waals surface area (Å²) in [6.07, 6.45) is 5.27. The van der Waals surface area contributed by atoms with Crippen molar-refractivity contribution in [2.24, 2.45) is 0 Å². The van der Waals surface area contributed by atoms with Crippen molar-refractivity contribution in [3.8, 4) is 17.2 Å². The van der Waals surface area contributed by atoms with Gasteiger partial charge in [-0.3, -0.25) is 14.4 Å². The predicted octanol–water partition coefficient (Wildman–Crippen LogP) is 8.75. The molecule has 0 aliphatic heterocycles. The van der Waals surface area contributed by atoms with E-state index < -0.39 is 36.0 Å². The van der Waals surface area contributed by atoms with Gasteiger partial charge in [-0.05, 0) is 84.3 Å². The maximum Gasteiger partial charge on any atom is 0.343 e. The van der Waals surface area contributed by atoms with E-state index >= 15 is 0 Å². The first-order chi connectivity index (χ1) is 25.8. The van der Waals surface area contributed by atoms with Crippen LogP contribution >= 0.6 is 20.8 Å². The molecule has 1 atom stereocenters. The van der Waals surface area contributed by atoms with E-state index in [-0.39, 0.29) is 51.9 Å². The minimum absolute atomic E-state index is 0.0232. The Balaban J connectivity index is 1.35. The predicted molar refractivity (Wildman–Crippen MR) is 205 cm³/mol. The van der Waals surface area contributed by atoms with Crippen LogP contribution in [0.3, 0.4) is 0 Å². The Hall–Kier alpha value is -5.06. The molecule has 0 saturated carbocycles. The Morgan fingerprint density at radius 1 is 0.870 bits per heavy atom. The lowest BCUT2D eigenvalue weighted by molar-refractivity contribution is -0.137. The quantitative estimate of drug-likeness (QED) is 0.0418. The lowest BCUT2D eigenvalue weighted by Gasteiger charge is -2.22. The number of carboxylic acid groups (broad SMARTS) is 1. The van der Waals surface area contributed by atoms with Gasteiger partial charge in [0.25, 0.3) is 11.6 Å². The van der Waals surface area contributed by atoms with Crippen LogP contribution in [0.2, 0.25) is 5.02 Å². The molecule has 14 heteroatoms. The molecule has 1 unspecified atom stereocenters. The fourth-order valence-electron chi connectivity index (χ4n) is 5.46. The summed E-state index contributed by atoms with van der Waals surface area (Å²) in [6.45, 7) is 2.02. The molecule has 286 valence electrons. The number of alkyl halides is 2. The number of unbranched alkanes of at least 4 members (excludes halogenated alkanes) is 4. The van der Waals surface area contributed by atoms with Gasteiger partial charge in [-0.1, -0.05) is 71.6 Å². The first kappa shape index (κ1) is 41.7. The Labute approximate surface area is 319 Å². The van der Waals surface area contributed by atoms with Gasteiger partial charge in [-0.15, -0.1) is 0 Å². The summed E-state index contributed by atoms with van der Waals surface area (Å²) in [5, 5.41) is 12.1. The van der Waals surface area contributed by atoms with Gasteiger partial charge < -0.3 is 29.5 Å². The van der Waals surface area contributed by atoms with Gasteiger partial charge in [-0.25, -0.2) is 4.79 Å². The number of nitrogens with one attached hydrogen (secondary N) is 1. The van der Waals surface area contributed by atoms with Crippen LogP contribution in [-0.2, 0) is 28.2 Å². The van der Waals surface area contributed by atoms with E-state index in [4.69, 9.17) is 25.8 Å². The van der Waals surface area contributed by atoms with Gasteiger partial charge in [-0.2, -0.15) is 8.78 Å². The molecule has 0 aliphatic rings. The Bertz CT molecular complexity index is 1920. The van der Waals surface area contributed by atoms with Crippen molar-refractivity contribution in [1.29, 1.82) is 0 Å². The monoisotopic (exact) mass is 782 g/mol. The number of carbonyl (C=O) groups is 4. The molecule has 0 spiro atoms. The van der Waals surface area contributed by atoms with Crippen LogP contribution in [-0.4, -0.2) is 54.0 Å². The van der Waals surface area contributed by atoms with E-state index in [1.54, 1.807) is 36.4 Å². The van der Waals surface area contributed by atoms with Crippen LogP contribution in [0, 0.1) is 0 Å². The first-order valence-electron chi connectivity index (χ1n) is 17.3. The van der Waals surface area contributed by atoms with Crippen molar-refractivity contribution in [2.75, 3.05) is 25.6 Å². The Morgan fingerprint density at radius 2 is 1.54 bits per heavy atom.